The van der Waals surface area contributed by atoms with E-state index in [0.29, 0.717) is 5.56 Å². The fraction of sp³-hybridized carbons (Fsp3) is 0.412. The Balaban J connectivity index is 1.52. The Kier molecular flexibility index (Phi) is 5.27. The van der Waals surface area contributed by atoms with Crippen molar-refractivity contribution in [2.45, 2.75) is 38.3 Å². The van der Waals surface area contributed by atoms with E-state index in [1.54, 1.807) is 24.3 Å². The Morgan fingerprint density at radius 1 is 1.24 bits per heavy atom. The van der Waals surface area contributed by atoms with Gasteiger partial charge in [-0.15, -0.1) is 5.10 Å². The van der Waals surface area contributed by atoms with Crippen LogP contribution < -0.4 is 11.1 Å². The highest BCUT2D eigenvalue weighted by Crippen LogP contribution is 2.17. The molecule has 0 atom stereocenters. The molecule has 0 unspecified atom stereocenters. The Morgan fingerprint density at radius 3 is 2.68 bits per heavy atom. The molecule has 1 saturated carbocycles. The Morgan fingerprint density at radius 2 is 1.96 bits per heavy atom. The van der Waals surface area contributed by atoms with Gasteiger partial charge in [-0.3, -0.25) is 9.59 Å². The molecule has 8 heteroatoms. The lowest BCUT2D eigenvalue weighted by molar-refractivity contribution is -0.149. The highest BCUT2D eigenvalue weighted by atomic mass is 16.5. The summed E-state index contributed by atoms with van der Waals surface area (Å²) >= 11 is 0. The van der Waals surface area contributed by atoms with E-state index in [1.807, 2.05) is 6.07 Å². The van der Waals surface area contributed by atoms with Crippen LogP contribution >= 0.6 is 0 Å². The van der Waals surface area contributed by atoms with Crippen molar-refractivity contribution in [2.75, 3.05) is 6.61 Å². The molecule has 1 aromatic heterocycles. The van der Waals surface area contributed by atoms with E-state index in [4.69, 9.17) is 9.15 Å². The number of carbonyl (C=O) groups is 2. The maximum atomic E-state index is 11.8. The van der Waals surface area contributed by atoms with Crippen molar-refractivity contribution in [3.05, 3.63) is 40.9 Å². The molecule has 0 radical (unpaired) electrons. The first-order valence-electron chi connectivity index (χ1n) is 8.20. The van der Waals surface area contributed by atoms with Crippen LogP contribution in [-0.2, 0) is 20.9 Å². The summed E-state index contributed by atoms with van der Waals surface area (Å²) in [5, 5.41) is 6.78. The summed E-state index contributed by atoms with van der Waals surface area (Å²) in [6.45, 7) is -0.778. The monoisotopic (exact) mass is 345 g/mol. The number of aromatic nitrogens is 2. The van der Waals surface area contributed by atoms with Crippen molar-refractivity contribution < 1.29 is 18.7 Å². The van der Waals surface area contributed by atoms with E-state index in [1.165, 1.54) is 0 Å². The lowest BCUT2D eigenvalue weighted by atomic mass is 10.2. The van der Waals surface area contributed by atoms with E-state index in [2.05, 4.69) is 10.4 Å². The van der Waals surface area contributed by atoms with E-state index in [-0.39, 0.29) is 24.4 Å². The van der Waals surface area contributed by atoms with Gasteiger partial charge in [-0.2, -0.15) is 4.68 Å². The van der Waals surface area contributed by atoms with Crippen LogP contribution in [0.5, 0.6) is 0 Å². The average molecular weight is 345 g/mol. The number of carbonyl (C=O) groups excluding carboxylic acids is 2. The molecule has 132 valence electrons. The number of benzene rings is 1. The molecular weight excluding hydrogens is 326 g/mol. The molecule has 2 aromatic rings. The minimum Gasteiger partial charge on any atom is -0.454 e. The number of nitrogens with one attached hydrogen (secondary N) is 1. The van der Waals surface area contributed by atoms with Crippen molar-refractivity contribution in [1.29, 1.82) is 0 Å². The molecule has 0 aliphatic heterocycles. The van der Waals surface area contributed by atoms with Crippen molar-refractivity contribution >= 4 is 11.9 Å². The largest absolute Gasteiger partial charge is 0.454 e. The van der Waals surface area contributed by atoms with Crippen LogP contribution in [0.15, 0.2) is 39.5 Å². The fourth-order valence-electron chi connectivity index (χ4n) is 2.76. The minimum atomic E-state index is -0.758. The highest BCUT2D eigenvalue weighted by Gasteiger charge is 2.19. The number of hydrogen-bond acceptors (Lipinski definition) is 6. The second kappa shape index (κ2) is 7.78. The first-order valence-corrected chi connectivity index (χ1v) is 8.20. The number of rotatable bonds is 6. The predicted octanol–water partition coefficient (Wildman–Crippen LogP) is 1.11. The van der Waals surface area contributed by atoms with Gasteiger partial charge in [0.05, 0.1) is 0 Å². The maximum absolute atomic E-state index is 11.8. The minimum absolute atomic E-state index is 0.123. The van der Waals surface area contributed by atoms with Gasteiger partial charge in [-0.05, 0) is 25.0 Å². The van der Waals surface area contributed by atoms with Gasteiger partial charge in [0.2, 0.25) is 5.89 Å². The zero-order valence-corrected chi connectivity index (χ0v) is 13.6. The third-order valence-electron chi connectivity index (χ3n) is 3.99. The molecular formula is C17H19N3O5. The third kappa shape index (κ3) is 4.56. The summed E-state index contributed by atoms with van der Waals surface area (Å²) in [7, 11) is 0. The van der Waals surface area contributed by atoms with Crippen molar-refractivity contribution in [2.24, 2.45) is 0 Å². The van der Waals surface area contributed by atoms with Crippen LogP contribution in [0.2, 0.25) is 0 Å². The van der Waals surface area contributed by atoms with Gasteiger partial charge in [0, 0.05) is 11.6 Å². The van der Waals surface area contributed by atoms with Crippen LogP contribution in [0.25, 0.3) is 11.5 Å². The van der Waals surface area contributed by atoms with Gasteiger partial charge >= 0.3 is 11.7 Å². The second-order valence-corrected chi connectivity index (χ2v) is 5.91. The molecule has 1 aliphatic carbocycles. The number of amides is 1. The van der Waals surface area contributed by atoms with Crippen molar-refractivity contribution in [3.8, 4) is 11.5 Å². The molecule has 25 heavy (non-hydrogen) atoms. The van der Waals surface area contributed by atoms with E-state index < -0.39 is 18.3 Å². The third-order valence-corrected chi connectivity index (χ3v) is 3.99. The van der Waals surface area contributed by atoms with Crippen LogP contribution in [-0.4, -0.2) is 34.3 Å². The first kappa shape index (κ1) is 16.9. The summed E-state index contributed by atoms with van der Waals surface area (Å²) in [5.74, 6) is -1.70. The van der Waals surface area contributed by atoms with Crippen LogP contribution in [0.1, 0.15) is 25.7 Å². The van der Waals surface area contributed by atoms with Gasteiger partial charge in [-0.25, -0.2) is 4.79 Å². The highest BCUT2D eigenvalue weighted by molar-refractivity contribution is 5.80. The molecule has 1 aromatic carbocycles. The number of ether oxygens (including phenoxy) is 1. The number of esters is 1. The van der Waals surface area contributed by atoms with Crippen LogP contribution in [0.4, 0.5) is 0 Å². The molecule has 1 fully saturated rings. The molecule has 3 rings (SSSR count). The SMILES string of the molecule is O=C(COC(=O)Cn1nc(-c2ccccc2)oc1=O)NC1CCCC1. The Labute approximate surface area is 143 Å². The van der Waals surface area contributed by atoms with E-state index in [0.717, 1.165) is 30.4 Å². The molecule has 0 spiro atoms. The van der Waals surface area contributed by atoms with Gasteiger partial charge in [-0.1, -0.05) is 31.0 Å². The normalized spacial score (nSPS) is 14.4. The van der Waals surface area contributed by atoms with Crippen molar-refractivity contribution in [1.82, 2.24) is 15.1 Å². The standard InChI is InChI=1S/C17H19N3O5/c21-14(18-13-8-4-5-9-13)11-24-15(22)10-20-17(23)25-16(19-20)12-6-2-1-3-7-12/h1-3,6-7,13H,4-5,8-11H2,(H,18,21). The van der Waals surface area contributed by atoms with E-state index >= 15 is 0 Å². The number of nitrogens with zero attached hydrogens (tertiary/aromatic N) is 2. The predicted molar refractivity (Wildman–Crippen MR) is 87.6 cm³/mol. The Bertz CT molecular complexity index is 790. The van der Waals surface area contributed by atoms with Gasteiger partial charge in [0.15, 0.2) is 6.61 Å². The van der Waals surface area contributed by atoms with Crippen LogP contribution in [0.3, 0.4) is 0 Å². The molecule has 1 N–H and O–H groups in total. The summed E-state index contributed by atoms with van der Waals surface area (Å²) in [6.07, 6.45) is 4.11. The zero-order valence-electron chi connectivity index (χ0n) is 13.6. The van der Waals surface area contributed by atoms with Gasteiger partial charge in [0.1, 0.15) is 6.54 Å². The van der Waals surface area contributed by atoms with E-state index in [9.17, 15) is 14.4 Å². The van der Waals surface area contributed by atoms with Gasteiger partial charge in [0.25, 0.3) is 5.91 Å². The molecule has 0 bridgehead atoms. The lowest BCUT2D eigenvalue weighted by Crippen LogP contribution is -2.36. The smallest absolute Gasteiger partial charge is 0.437 e. The maximum Gasteiger partial charge on any atom is 0.437 e. The van der Waals surface area contributed by atoms with Gasteiger partial charge < -0.3 is 14.5 Å². The summed E-state index contributed by atoms with van der Waals surface area (Å²) in [6, 6.07) is 9.03. The zero-order chi connectivity index (χ0) is 17.6. The Hall–Kier alpha value is -2.90. The van der Waals surface area contributed by atoms with Crippen molar-refractivity contribution in [3.63, 3.8) is 0 Å². The lowest BCUT2D eigenvalue weighted by Gasteiger charge is -2.11. The summed E-state index contributed by atoms with van der Waals surface area (Å²) in [4.78, 5) is 35.3. The fourth-order valence-corrected chi connectivity index (χ4v) is 2.76. The first-order chi connectivity index (χ1) is 12.1. The molecule has 1 aliphatic rings. The molecule has 8 nitrogen and oxygen atoms in total. The second-order valence-electron chi connectivity index (χ2n) is 5.91. The quantitative estimate of drug-likeness (QED) is 0.787. The number of hydrogen-bond donors (Lipinski definition) is 1. The molecule has 1 amide bonds. The molecule has 1 heterocycles. The topological polar surface area (TPSA) is 103 Å². The summed E-state index contributed by atoms with van der Waals surface area (Å²) < 4.78 is 10.8. The average Bonchev–Trinajstić information content (AvgIpc) is 3.24. The summed E-state index contributed by atoms with van der Waals surface area (Å²) in [5.41, 5.74) is 0.627. The molecule has 0 saturated heterocycles. The van der Waals surface area contributed by atoms with Crippen LogP contribution in [0, 0.1) is 0 Å².